The Hall–Kier alpha value is -1.50. The molecule has 0 spiro atoms. The standard InChI is InChI=1S/C13H21N3O3S/c1-3-5-12(17)16-11(7-10-8-14-9-15-10)13(18)19-20-6-4-2/h8-9,11H,3-7H2,1-2H3,(H,14,15)(H,16,17)/t11-/m0/s1. The van der Waals surface area contributed by atoms with Crippen molar-refractivity contribution in [3.63, 3.8) is 0 Å². The molecule has 1 heterocycles. The lowest BCUT2D eigenvalue weighted by atomic mass is 10.1. The first-order valence-corrected chi connectivity index (χ1v) is 7.68. The molecule has 0 fully saturated rings. The number of aromatic amines is 1. The molecule has 0 bridgehead atoms. The van der Waals surface area contributed by atoms with Gasteiger partial charge in [0.25, 0.3) is 0 Å². The second kappa shape index (κ2) is 9.41. The first-order chi connectivity index (χ1) is 9.67. The molecule has 0 unspecified atom stereocenters. The highest BCUT2D eigenvalue weighted by molar-refractivity contribution is 7.95. The van der Waals surface area contributed by atoms with Gasteiger partial charge in [-0.05, 0) is 12.8 Å². The summed E-state index contributed by atoms with van der Waals surface area (Å²) in [6.45, 7) is 3.92. The second-order valence-corrected chi connectivity index (χ2v) is 5.19. The smallest absolute Gasteiger partial charge is 0.341 e. The zero-order chi connectivity index (χ0) is 14.8. The Labute approximate surface area is 123 Å². The van der Waals surface area contributed by atoms with E-state index in [1.807, 2.05) is 13.8 Å². The van der Waals surface area contributed by atoms with E-state index >= 15 is 0 Å². The number of hydrogen-bond donors (Lipinski definition) is 2. The topological polar surface area (TPSA) is 84.1 Å². The van der Waals surface area contributed by atoms with E-state index in [2.05, 4.69) is 15.3 Å². The number of hydrogen-bond acceptors (Lipinski definition) is 5. The van der Waals surface area contributed by atoms with Crippen molar-refractivity contribution in [2.45, 2.75) is 45.6 Å². The van der Waals surface area contributed by atoms with Gasteiger partial charge in [-0.1, -0.05) is 13.8 Å². The number of imidazole rings is 1. The number of carbonyl (C=O) groups excluding carboxylic acids is 2. The number of nitrogens with one attached hydrogen (secondary N) is 2. The Balaban J connectivity index is 2.57. The number of nitrogens with zero attached hydrogens (tertiary/aromatic N) is 1. The van der Waals surface area contributed by atoms with Crippen LogP contribution in [-0.2, 0) is 20.2 Å². The van der Waals surface area contributed by atoms with E-state index in [4.69, 9.17) is 4.18 Å². The summed E-state index contributed by atoms with van der Waals surface area (Å²) in [6.07, 6.45) is 5.58. The van der Waals surface area contributed by atoms with Crippen LogP contribution in [0.3, 0.4) is 0 Å². The third kappa shape index (κ3) is 6.10. The van der Waals surface area contributed by atoms with Gasteiger partial charge >= 0.3 is 5.97 Å². The van der Waals surface area contributed by atoms with Gasteiger partial charge in [-0.2, -0.15) is 0 Å². The lowest BCUT2D eigenvalue weighted by Crippen LogP contribution is -2.42. The molecule has 0 aromatic carbocycles. The molecule has 0 aliphatic rings. The Morgan fingerprint density at radius 2 is 2.25 bits per heavy atom. The van der Waals surface area contributed by atoms with Crippen LogP contribution < -0.4 is 5.32 Å². The Kier molecular flexibility index (Phi) is 7.79. The van der Waals surface area contributed by atoms with Gasteiger partial charge in [-0.3, -0.25) is 4.79 Å². The van der Waals surface area contributed by atoms with E-state index < -0.39 is 12.0 Å². The average molecular weight is 299 g/mol. The Bertz CT molecular complexity index is 409. The van der Waals surface area contributed by atoms with E-state index in [1.165, 1.54) is 6.33 Å². The highest BCUT2D eigenvalue weighted by Crippen LogP contribution is 2.09. The van der Waals surface area contributed by atoms with Crippen molar-refractivity contribution >= 4 is 23.9 Å². The summed E-state index contributed by atoms with van der Waals surface area (Å²) >= 11 is 1.12. The van der Waals surface area contributed by atoms with E-state index in [-0.39, 0.29) is 5.91 Å². The number of rotatable bonds is 9. The van der Waals surface area contributed by atoms with Gasteiger partial charge in [0.05, 0.1) is 18.4 Å². The van der Waals surface area contributed by atoms with Crippen molar-refractivity contribution in [3.8, 4) is 0 Å². The van der Waals surface area contributed by atoms with E-state index in [0.29, 0.717) is 12.8 Å². The number of carbonyl (C=O) groups is 2. The number of H-pyrrole nitrogens is 1. The monoisotopic (exact) mass is 299 g/mol. The fourth-order valence-electron chi connectivity index (χ4n) is 1.54. The summed E-state index contributed by atoms with van der Waals surface area (Å²) in [5.74, 6) is 0.169. The lowest BCUT2D eigenvalue weighted by Gasteiger charge is -2.16. The quantitative estimate of drug-likeness (QED) is 0.537. The Morgan fingerprint density at radius 3 is 2.85 bits per heavy atom. The molecule has 0 saturated carbocycles. The molecule has 1 aromatic heterocycles. The maximum atomic E-state index is 12.0. The molecule has 0 radical (unpaired) electrons. The van der Waals surface area contributed by atoms with Gasteiger partial charge < -0.3 is 14.5 Å². The van der Waals surface area contributed by atoms with Crippen LogP contribution in [0.4, 0.5) is 0 Å². The molecule has 0 aliphatic carbocycles. The van der Waals surface area contributed by atoms with Crippen molar-refractivity contribution < 1.29 is 13.8 Å². The minimum atomic E-state index is -0.682. The molecule has 0 aliphatic heterocycles. The molecule has 1 amide bonds. The van der Waals surface area contributed by atoms with Gasteiger partial charge in [-0.15, -0.1) is 0 Å². The molecule has 1 aromatic rings. The summed E-state index contributed by atoms with van der Waals surface area (Å²) in [6, 6.07) is -0.682. The van der Waals surface area contributed by atoms with Gasteiger partial charge in [0, 0.05) is 30.5 Å². The summed E-state index contributed by atoms with van der Waals surface area (Å²) < 4.78 is 5.10. The number of amides is 1. The fraction of sp³-hybridized carbons (Fsp3) is 0.615. The third-order valence-electron chi connectivity index (χ3n) is 2.50. The van der Waals surface area contributed by atoms with Gasteiger partial charge in [0.15, 0.2) is 0 Å². The largest absolute Gasteiger partial charge is 0.390 e. The van der Waals surface area contributed by atoms with Gasteiger partial charge in [0.2, 0.25) is 5.91 Å². The molecule has 2 N–H and O–H groups in total. The summed E-state index contributed by atoms with van der Waals surface area (Å²) in [7, 11) is 0. The fourth-order valence-corrected chi connectivity index (χ4v) is 2.03. The predicted octanol–water partition coefficient (Wildman–Crippen LogP) is 1.84. The van der Waals surface area contributed by atoms with Crippen LogP contribution in [0.25, 0.3) is 0 Å². The minimum Gasteiger partial charge on any atom is -0.390 e. The molecule has 112 valence electrons. The second-order valence-electron chi connectivity index (χ2n) is 4.38. The predicted molar refractivity (Wildman–Crippen MR) is 78.0 cm³/mol. The average Bonchev–Trinajstić information content (AvgIpc) is 2.91. The molecule has 1 rings (SSSR count). The van der Waals surface area contributed by atoms with Crippen LogP contribution in [0.15, 0.2) is 12.5 Å². The zero-order valence-electron chi connectivity index (χ0n) is 11.8. The van der Waals surface area contributed by atoms with Crippen molar-refractivity contribution in [2.75, 3.05) is 5.75 Å². The summed E-state index contributed by atoms with van der Waals surface area (Å²) in [5, 5.41) is 2.71. The normalized spacial score (nSPS) is 11.9. The van der Waals surface area contributed by atoms with Crippen molar-refractivity contribution in [2.24, 2.45) is 0 Å². The first kappa shape index (κ1) is 16.6. The SMILES string of the molecule is CCCSOC(=O)[C@H](Cc1cnc[nH]1)NC(=O)CCC. The van der Waals surface area contributed by atoms with Crippen LogP contribution in [0.1, 0.15) is 38.8 Å². The van der Waals surface area contributed by atoms with Crippen LogP contribution >= 0.6 is 12.0 Å². The maximum Gasteiger partial charge on any atom is 0.341 e. The summed E-state index contributed by atoms with van der Waals surface area (Å²) in [4.78, 5) is 30.5. The minimum absolute atomic E-state index is 0.144. The van der Waals surface area contributed by atoms with Gasteiger partial charge in [-0.25, -0.2) is 9.78 Å². The molecule has 20 heavy (non-hydrogen) atoms. The highest BCUT2D eigenvalue weighted by atomic mass is 32.2. The lowest BCUT2D eigenvalue weighted by molar-refractivity contribution is -0.138. The molecular weight excluding hydrogens is 278 g/mol. The van der Waals surface area contributed by atoms with E-state index in [9.17, 15) is 9.59 Å². The van der Waals surface area contributed by atoms with E-state index in [1.54, 1.807) is 6.20 Å². The Morgan fingerprint density at radius 1 is 1.45 bits per heavy atom. The van der Waals surface area contributed by atoms with Crippen LogP contribution in [0, 0.1) is 0 Å². The summed E-state index contributed by atoms with van der Waals surface area (Å²) in [5.41, 5.74) is 0.782. The molecule has 0 saturated heterocycles. The molecule has 7 heteroatoms. The first-order valence-electron chi connectivity index (χ1n) is 6.77. The van der Waals surface area contributed by atoms with Crippen molar-refractivity contribution in [1.29, 1.82) is 0 Å². The van der Waals surface area contributed by atoms with Crippen LogP contribution in [0.5, 0.6) is 0 Å². The molecular formula is C13H21N3O3S. The number of aromatic nitrogens is 2. The van der Waals surface area contributed by atoms with Crippen LogP contribution in [-0.4, -0.2) is 33.6 Å². The zero-order valence-corrected chi connectivity index (χ0v) is 12.7. The maximum absolute atomic E-state index is 12.0. The van der Waals surface area contributed by atoms with Crippen molar-refractivity contribution in [1.82, 2.24) is 15.3 Å². The highest BCUT2D eigenvalue weighted by Gasteiger charge is 2.23. The molecule has 6 nitrogen and oxygen atoms in total. The van der Waals surface area contributed by atoms with E-state index in [0.717, 1.165) is 36.3 Å². The third-order valence-corrected chi connectivity index (χ3v) is 3.36. The van der Waals surface area contributed by atoms with Gasteiger partial charge in [0.1, 0.15) is 6.04 Å². The molecule has 1 atom stereocenters. The van der Waals surface area contributed by atoms with Crippen molar-refractivity contribution in [3.05, 3.63) is 18.2 Å². The van der Waals surface area contributed by atoms with Crippen LogP contribution in [0.2, 0.25) is 0 Å².